The molecule has 0 spiro atoms. The van der Waals surface area contributed by atoms with E-state index in [0.717, 1.165) is 31.5 Å². The van der Waals surface area contributed by atoms with Crippen molar-refractivity contribution in [2.45, 2.75) is 45.4 Å². The minimum atomic E-state index is 0. The molecule has 3 rings (SSSR count). The topological polar surface area (TPSA) is 70.7 Å². The maximum atomic E-state index is 12.7. The molecule has 0 saturated carbocycles. The first kappa shape index (κ1) is 21.7. The molecule has 0 aromatic heterocycles. The van der Waals surface area contributed by atoms with Gasteiger partial charge in [-0.3, -0.25) is 9.59 Å². The van der Waals surface area contributed by atoms with Crippen LogP contribution in [-0.4, -0.2) is 55.1 Å². The number of hydrogen-bond acceptors (Lipinski definition) is 4. The number of nitrogens with zero attached hydrogens (tertiary/aromatic N) is 1. The van der Waals surface area contributed by atoms with Gasteiger partial charge in [0.25, 0.3) is 5.91 Å². The zero-order valence-corrected chi connectivity index (χ0v) is 16.9. The molecular weight excluding hydrogens is 366 g/mol. The smallest absolute Gasteiger partial charge is 0.254 e. The average molecular weight is 396 g/mol. The van der Waals surface area contributed by atoms with Crippen LogP contribution < -0.4 is 10.6 Å². The molecule has 2 N–H and O–H groups in total. The fraction of sp³-hybridized carbons (Fsp3) is 0.600. The van der Waals surface area contributed by atoms with E-state index in [-0.39, 0.29) is 42.3 Å². The van der Waals surface area contributed by atoms with Gasteiger partial charge in [0.1, 0.15) is 0 Å². The molecule has 150 valence electrons. The third kappa shape index (κ3) is 5.92. The van der Waals surface area contributed by atoms with Crippen molar-refractivity contribution in [3.8, 4) is 0 Å². The summed E-state index contributed by atoms with van der Waals surface area (Å²) in [6.07, 6.45) is 2.12. The zero-order valence-electron chi connectivity index (χ0n) is 16.1. The summed E-state index contributed by atoms with van der Waals surface area (Å²) < 4.78 is 5.69. The summed E-state index contributed by atoms with van der Waals surface area (Å²) in [6, 6.07) is 7.52. The van der Waals surface area contributed by atoms with E-state index < -0.39 is 0 Å². The Balaban J connectivity index is 0.00000261. The molecule has 3 atom stereocenters. The van der Waals surface area contributed by atoms with Gasteiger partial charge in [0, 0.05) is 31.7 Å². The van der Waals surface area contributed by atoms with Crippen molar-refractivity contribution < 1.29 is 14.3 Å². The first-order valence-corrected chi connectivity index (χ1v) is 9.55. The fourth-order valence-corrected chi connectivity index (χ4v) is 3.70. The number of carbonyl (C=O) groups is 2. The van der Waals surface area contributed by atoms with Gasteiger partial charge >= 0.3 is 0 Å². The highest BCUT2D eigenvalue weighted by atomic mass is 35.5. The van der Waals surface area contributed by atoms with Gasteiger partial charge < -0.3 is 20.3 Å². The van der Waals surface area contributed by atoms with Crippen LogP contribution >= 0.6 is 12.4 Å². The van der Waals surface area contributed by atoms with E-state index in [2.05, 4.69) is 10.6 Å². The highest BCUT2D eigenvalue weighted by Gasteiger charge is 2.26. The number of piperidine rings is 1. The summed E-state index contributed by atoms with van der Waals surface area (Å²) in [7, 11) is 0. The fourth-order valence-electron chi connectivity index (χ4n) is 3.70. The van der Waals surface area contributed by atoms with Crippen LogP contribution in [0.1, 0.15) is 42.6 Å². The summed E-state index contributed by atoms with van der Waals surface area (Å²) in [5.74, 6) is 0.208. The van der Waals surface area contributed by atoms with Crippen LogP contribution in [0, 0.1) is 5.92 Å². The lowest BCUT2D eigenvalue weighted by molar-refractivity contribution is -0.125. The molecule has 27 heavy (non-hydrogen) atoms. The van der Waals surface area contributed by atoms with Gasteiger partial charge in [-0.2, -0.15) is 0 Å². The van der Waals surface area contributed by atoms with Crippen molar-refractivity contribution in [1.29, 1.82) is 0 Å². The molecule has 2 heterocycles. The summed E-state index contributed by atoms with van der Waals surface area (Å²) in [6.45, 7) is 7.48. The lowest BCUT2D eigenvalue weighted by Gasteiger charge is -2.35. The standard InChI is InChI=1S/C20H29N3O3.ClH/c1-14-12-23(13-15(2)26-14)20(25)17-7-5-16(6-8-17)10-22-19(24)18-4-3-9-21-11-18;/h5-8,14-15,18,21H,3-4,9-13H2,1-2H3,(H,22,24);1H. The van der Waals surface area contributed by atoms with Gasteiger partial charge in [0.15, 0.2) is 0 Å². The monoisotopic (exact) mass is 395 g/mol. The molecule has 3 unspecified atom stereocenters. The SMILES string of the molecule is CC1CN(C(=O)c2ccc(CNC(=O)C3CCCNC3)cc2)CC(C)O1.Cl. The van der Waals surface area contributed by atoms with Crippen LogP contribution in [0.25, 0.3) is 0 Å². The van der Waals surface area contributed by atoms with Crippen molar-refractivity contribution in [2.75, 3.05) is 26.2 Å². The normalized spacial score (nSPS) is 25.4. The zero-order chi connectivity index (χ0) is 18.5. The molecule has 2 amide bonds. The molecule has 1 aromatic carbocycles. The second-order valence-electron chi connectivity index (χ2n) is 7.43. The molecule has 0 radical (unpaired) electrons. The van der Waals surface area contributed by atoms with Gasteiger partial charge in [-0.15, -0.1) is 12.4 Å². The van der Waals surface area contributed by atoms with E-state index in [1.807, 2.05) is 43.0 Å². The molecule has 2 aliphatic heterocycles. The molecule has 6 nitrogen and oxygen atoms in total. The summed E-state index contributed by atoms with van der Waals surface area (Å²) >= 11 is 0. The van der Waals surface area contributed by atoms with Crippen LogP contribution in [0.3, 0.4) is 0 Å². The van der Waals surface area contributed by atoms with Crippen molar-refractivity contribution in [3.05, 3.63) is 35.4 Å². The Kier molecular flexibility index (Phi) is 8.07. The maximum absolute atomic E-state index is 12.7. The number of carbonyl (C=O) groups excluding carboxylic acids is 2. The lowest BCUT2D eigenvalue weighted by atomic mass is 9.99. The predicted molar refractivity (Wildman–Crippen MR) is 107 cm³/mol. The van der Waals surface area contributed by atoms with E-state index in [1.54, 1.807) is 0 Å². The number of hydrogen-bond donors (Lipinski definition) is 2. The maximum Gasteiger partial charge on any atom is 0.254 e. The number of halogens is 1. The number of nitrogens with one attached hydrogen (secondary N) is 2. The number of ether oxygens (including phenoxy) is 1. The van der Waals surface area contributed by atoms with Crippen LogP contribution in [0.15, 0.2) is 24.3 Å². The largest absolute Gasteiger partial charge is 0.372 e. The van der Waals surface area contributed by atoms with E-state index in [4.69, 9.17) is 4.74 Å². The Morgan fingerprint density at radius 1 is 1.19 bits per heavy atom. The second kappa shape index (κ2) is 10.1. The van der Waals surface area contributed by atoms with Gasteiger partial charge in [-0.05, 0) is 50.9 Å². The highest BCUT2D eigenvalue weighted by molar-refractivity contribution is 5.94. The van der Waals surface area contributed by atoms with Gasteiger partial charge in [0.2, 0.25) is 5.91 Å². The number of amides is 2. The van der Waals surface area contributed by atoms with Crippen LogP contribution in [-0.2, 0) is 16.1 Å². The van der Waals surface area contributed by atoms with Gasteiger partial charge in [-0.1, -0.05) is 12.1 Å². The van der Waals surface area contributed by atoms with Gasteiger partial charge in [-0.25, -0.2) is 0 Å². The van der Waals surface area contributed by atoms with E-state index >= 15 is 0 Å². The molecule has 1 aromatic rings. The third-order valence-corrected chi connectivity index (χ3v) is 5.04. The van der Waals surface area contributed by atoms with E-state index in [9.17, 15) is 9.59 Å². The molecule has 7 heteroatoms. The average Bonchev–Trinajstić information content (AvgIpc) is 2.66. The minimum Gasteiger partial charge on any atom is -0.372 e. The molecular formula is C20H30ClN3O3. The summed E-state index contributed by atoms with van der Waals surface area (Å²) in [5, 5.41) is 6.26. The summed E-state index contributed by atoms with van der Waals surface area (Å²) in [5.41, 5.74) is 1.68. The van der Waals surface area contributed by atoms with Crippen molar-refractivity contribution in [3.63, 3.8) is 0 Å². The molecule has 2 fully saturated rings. The van der Waals surface area contributed by atoms with Crippen LogP contribution in [0.4, 0.5) is 0 Å². The Hall–Kier alpha value is -1.63. The number of morpholine rings is 1. The number of benzene rings is 1. The van der Waals surface area contributed by atoms with Gasteiger partial charge in [0.05, 0.1) is 18.1 Å². The molecule has 0 bridgehead atoms. The minimum absolute atomic E-state index is 0. The molecule has 2 aliphatic rings. The van der Waals surface area contributed by atoms with E-state index in [0.29, 0.717) is 25.2 Å². The Labute approximate surface area is 167 Å². The van der Waals surface area contributed by atoms with Crippen molar-refractivity contribution >= 4 is 24.2 Å². The Morgan fingerprint density at radius 3 is 2.44 bits per heavy atom. The quantitative estimate of drug-likeness (QED) is 0.817. The Morgan fingerprint density at radius 2 is 1.85 bits per heavy atom. The summed E-state index contributed by atoms with van der Waals surface area (Å²) in [4.78, 5) is 26.7. The Bertz CT molecular complexity index is 622. The van der Waals surface area contributed by atoms with Crippen molar-refractivity contribution in [1.82, 2.24) is 15.5 Å². The first-order chi connectivity index (χ1) is 12.5. The molecule has 2 saturated heterocycles. The first-order valence-electron chi connectivity index (χ1n) is 9.55. The highest BCUT2D eigenvalue weighted by Crippen LogP contribution is 2.15. The van der Waals surface area contributed by atoms with Crippen molar-refractivity contribution in [2.24, 2.45) is 5.92 Å². The lowest BCUT2D eigenvalue weighted by Crippen LogP contribution is -2.48. The van der Waals surface area contributed by atoms with Crippen LogP contribution in [0.2, 0.25) is 0 Å². The van der Waals surface area contributed by atoms with E-state index in [1.165, 1.54) is 0 Å². The molecule has 0 aliphatic carbocycles. The number of rotatable bonds is 4. The second-order valence-corrected chi connectivity index (χ2v) is 7.43. The third-order valence-electron chi connectivity index (χ3n) is 5.04. The van der Waals surface area contributed by atoms with Crippen LogP contribution in [0.5, 0.6) is 0 Å². The predicted octanol–water partition coefficient (Wildman–Crippen LogP) is 1.97.